The monoisotopic (exact) mass is 207 g/mol. The van der Waals surface area contributed by atoms with Gasteiger partial charge in [-0.15, -0.1) is 0 Å². The summed E-state index contributed by atoms with van der Waals surface area (Å²) in [6.45, 7) is 4.45. The molecule has 2 atom stereocenters. The smallest absolute Gasteiger partial charge is 0.0948 e. The maximum Gasteiger partial charge on any atom is 0.0948 e. The predicted octanol–water partition coefficient (Wildman–Crippen LogP) is 2.04. The first-order chi connectivity index (χ1) is 7.31. The predicted molar refractivity (Wildman–Crippen MR) is 61.5 cm³/mol. The Labute approximate surface area is 91.9 Å². The summed E-state index contributed by atoms with van der Waals surface area (Å²) < 4.78 is 2.31. The lowest BCUT2D eigenvalue weighted by Gasteiger charge is -2.17. The molecule has 1 fully saturated rings. The molecule has 0 radical (unpaired) electrons. The van der Waals surface area contributed by atoms with Crippen molar-refractivity contribution in [2.75, 3.05) is 7.05 Å². The molecular formula is C12H21N3. The fraction of sp³-hybridized carbons (Fsp3) is 0.750. The molecule has 0 bridgehead atoms. The normalized spacial score (nSPS) is 26.0. The first-order valence-electron chi connectivity index (χ1n) is 5.95. The topological polar surface area (TPSA) is 29.9 Å². The lowest BCUT2D eigenvalue weighted by molar-refractivity contribution is 0.358. The van der Waals surface area contributed by atoms with Crippen LogP contribution in [-0.2, 0) is 13.1 Å². The van der Waals surface area contributed by atoms with E-state index in [-0.39, 0.29) is 0 Å². The van der Waals surface area contributed by atoms with Gasteiger partial charge in [0.2, 0.25) is 0 Å². The summed E-state index contributed by atoms with van der Waals surface area (Å²) in [5, 5.41) is 3.19. The standard InChI is InChI=1S/C12H21N3/c1-10-4-3-5-11(10)8-15-9-14-7-12(15)6-13-2/h7,9-11,13H,3-6,8H2,1-2H3. The third kappa shape index (κ3) is 2.40. The van der Waals surface area contributed by atoms with E-state index < -0.39 is 0 Å². The minimum atomic E-state index is 0.856. The first-order valence-corrected chi connectivity index (χ1v) is 5.95. The highest BCUT2D eigenvalue weighted by molar-refractivity contribution is 4.98. The first kappa shape index (κ1) is 10.7. The van der Waals surface area contributed by atoms with E-state index in [1.165, 1.54) is 25.0 Å². The van der Waals surface area contributed by atoms with E-state index in [1.807, 2.05) is 19.6 Å². The molecule has 2 unspecified atom stereocenters. The number of rotatable bonds is 4. The highest BCUT2D eigenvalue weighted by Gasteiger charge is 2.23. The maximum absolute atomic E-state index is 4.23. The number of hydrogen-bond donors (Lipinski definition) is 1. The summed E-state index contributed by atoms with van der Waals surface area (Å²) in [4.78, 5) is 4.23. The van der Waals surface area contributed by atoms with Gasteiger partial charge in [-0.05, 0) is 25.3 Å². The van der Waals surface area contributed by atoms with Crippen LogP contribution in [0.2, 0.25) is 0 Å². The summed E-state index contributed by atoms with van der Waals surface area (Å²) in [7, 11) is 1.98. The van der Waals surface area contributed by atoms with Crippen molar-refractivity contribution >= 4 is 0 Å². The second-order valence-electron chi connectivity index (χ2n) is 4.74. The average molecular weight is 207 g/mol. The van der Waals surface area contributed by atoms with Gasteiger partial charge in [0.1, 0.15) is 0 Å². The van der Waals surface area contributed by atoms with Crippen molar-refractivity contribution in [3.63, 3.8) is 0 Å². The van der Waals surface area contributed by atoms with Crippen LogP contribution in [0, 0.1) is 11.8 Å². The lowest BCUT2D eigenvalue weighted by atomic mass is 9.98. The van der Waals surface area contributed by atoms with Crippen molar-refractivity contribution in [2.24, 2.45) is 11.8 Å². The summed E-state index contributed by atoms with van der Waals surface area (Å²) in [6, 6.07) is 0. The molecule has 1 saturated carbocycles. The van der Waals surface area contributed by atoms with Crippen molar-refractivity contribution in [3.05, 3.63) is 18.2 Å². The Morgan fingerprint density at radius 3 is 3.07 bits per heavy atom. The molecule has 2 rings (SSSR count). The van der Waals surface area contributed by atoms with Crippen molar-refractivity contribution in [3.8, 4) is 0 Å². The van der Waals surface area contributed by atoms with Gasteiger partial charge in [0, 0.05) is 19.3 Å². The van der Waals surface area contributed by atoms with Crippen LogP contribution in [0.15, 0.2) is 12.5 Å². The van der Waals surface area contributed by atoms with Crippen molar-refractivity contribution in [2.45, 2.75) is 39.3 Å². The molecule has 0 amide bonds. The quantitative estimate of drug-likeness (QED) is 0.819. The van der Waals surface area contributed by atoms with Crippen LogP contribution in [0.25, 0.3) is 0 Å². The van der Waals surface area contributed by atoms with Crippen LogP contribution in [0.1, 0.15) is 31.9 Å². The van der Waals surface area contributed by atoms with E-state index in [4.69, 9.17) is 0 Å². The van der Waals surface area contributed by atoms with Crippen LogP contribution < -0.4 is 5.32 Å². The summed E-state index contributed by atoms with van der Waals surface area (Å²) in [5.41, 5.74) is 1.30. The molecule has 84 valence electrons. The Bertz CT molecular complexity index is 306. The van der Waals surface area contributed by atoms with Crippen LogP contribution in [0.4, 0.5) is 0 Å². The Morgan fingerprint density at radius 1 is 1.53 bits per heavy atom. The minimum Gasteiger partial charge on any atom is -0.333 e. The molecule has 0 aromatic carbocycles. The highest BCUT2D eigenvalue weighted by atomic mass is 15.1. The Kier molecular flexibility index (Phi) is 3.41. The van der Waals surface area contributed by atoms with Gasteiger partial charge in [-0.3, -0.25) is 0 Å². The van der Waals surface area contributed by atoms with Crippen LogP contribution in [-0.4, -0.2) is 16.6 Å². The van der Waals surface area contributed by atoms with E-state index in [2.05, 4.69) is 21.8 Å². The molecule has 0 spiro atoms. The summed E-state index contributed by atoms with van der Waals surface area (Å²) in [6.07, 6.45) is 8.13. The summed E-state index contributed by atoms with van der Waals surface area (Å²) >= 11 is 0. The SMILES string of the molecule is CNCc1cncn1CC1CCCC1C. The van der Waals surface area contributed by atoms with Crippen LogP contribution >= 0.6 is 0 Å². The third-order valence-electron chi connectivity index (χ3n) is 3.63. The minimum absolute atomic E-state index is 0.856. The Hall–Kier alpha value is -0.830. The van der Waals surface area contributed by atoms with Crippen molar-refractivity contribution in [1.82, 2.24) is 14.9 Å². The zero-order valence-corrected chi connectivity index (χ0v) is 9.74. The number of nitrogens with one attached hydrogen (secondary N) is 1. The van der Waals surface area contributed by atoms with Crippen LogP contribution in [0.3, 0.4) is 0 Å². The fourth-order valence-corrected chi connectivity index (χ4v) is 2.59. The molecule has 1 aliphatic rings. The number of nitrogens with zero attached hydrogens (tertiary/aromatic N) is 2. The molecule has 3 nitrogen and oxygen atoms in total. The lowest BCUT2D eigenvalue weighted by Crippen LogP contribution is -2.17. The highest BCUT2D eigenvalue weighted by Crippen LogP contribution is 2.32. The molecule has 3 heteroatoms. The van der Waals surface area contributed by atoms with Gasteiger partial charge in [-0.1, -0.05) is 19.8 Å². The van der Waals surface area contributed by atoms with E-state index in [0.717, 1.165) is 24.9 Å². The van der Waals surface area contributed by atoms with Crippen LogP contribution in [0.5, 0.6) is 0 Å². The second-order valence-corrected chi connectivity index (χ2v) is 4.74. The van der Waals surface area contributed by atoms with Gasteiger partial charge >= 0.3 is 0 Å². The number of aromatic nitrogens is 2. The number of hydrogen-bond acceptors (Lipinski definition) is 2. The zero-order valence-electron chi connectivity index (χ0n) is 9.74. The zero-order chi connectivity index (χ0) is 10.7. The third-order valence-corrected chi connectivity index (χ3v) is 3.63. The van der Waals surface area contributed by atoms with E-state index in [9.17, 15) is 0 Å². The van der Waals surface area contributed by atoms with Gasteiger partial charge in [0.15, 0.2) is 0 Å². The van der Waals surface area contributed by atoms with Gasteiger partial charge in [0.05, 0.1) is 12.0 Å². The molecule has 0 aliphatic heterocycles. The average Bonchev–Trinajstić information content (AvgIpc) is 2.80. The van der Waals surface area contributed by atoms with Gasteiger partial charge in [0.25, 0.3) is 0 Å². The van der Waals surface area contributed by atoms with E-state index in [0.29, 0.717) is 0 Å². The molecule has 1 heterocycles. The van der Waals surface area contributed by atoms with Crippen molar-refractivity contribution < 1.29 is 0 Å². The van der Waals surface area contributed by atoms with Gasteiger partial charge in [-0.25, -0.2) is 4.98 Å². The molecule has 1 aromatic rings. The summed E-state index contributed by atoms with van der Waals surface area (Å²) in [5.74, 6) is 1.74. The largest absolute Gasteiger partial charge is 0.333 e. The maximum atomic E-state index is 4.23. The molecular weight excluding hydrogens is 186 g/mol. The fourth-order valence-electron chi connectivity index (χ4n) is 2.59. The van der Waals surface area contributed by atoms with Crippen molar-refractivity contribution in [1.29, 1.82) is 0 Å². The second kappa shape index (κ2) is 4.79. The molecule has 1 aromatic heterocycles. The Balaban J connectivity index is 2.00. The van der Waals surface area contributed by atoms with E-state index in [1.54, 1.807) is 0 Å². The molecule has 1 aliphatic carbocycles. The van der Waals surface area contributed by atoms with Gasteiger partial charge in [-0.2, -0.15) is 0 Å². The molecule has 1 N–H and O–H groups in total. The molecule has 0 saturated heterocycles. The van der Waals surface area contributed by atoms with E-state index >= 15 is 0 Å². The molecule has 15 heavy (non-hydrogen) atoms. The number of imidazole rings is 1. The Morgan fingerprint density at radius 2 is 2.40 bits per heavy atom. The van der Waals surface area contributed by atoms with Gasteiger partial charge < -0.3 is 9.88 Å².